The molecule has 3 heterocycles. The van der Waals surface area contributed by atoms with Gasteiger partial charge in [0.25, 0.3) is 5.91 Å². The van der Waals surface area contributed by atoms with E-state index < -0.39 is 0 Å². The zero-order chi connectivity index (χ0) is 20.4. The van der Waals surface area contributed by atoms with Crippen molar-refractivity contribution < 1.29 is 14.3 Å². The van der Waals surface area contributed by atoms with Gasteiger partial charge in [0.05, 0.1) is 0 Å². The van der Waals surface area contributed by atoms with Gasteiger partial charge in [-0.2, -0.15) is 0 Å². The maximum atomic E-state index is 13.8. The Morgan fingerprint density at radius 2 is 1.69 bits per heavy atom. The summed E-state index contributed by atoms with van der Waals surface area (Å²) in [6.07, 6.45) is 7.04. The fourth-order valence-corrected chi connectivity index (χ4v) is 5.61. The minimum Gasteiger partial charge on any atom is -0.381 e. The van der Waals surface area contributed by atoms with Gasteiger partial charge in [-0.3, -0.25) is 9.59 Å². The summed E-state index contributed by atoms with van der Waals surface area (Å²) >= 11 is 0. The molecular weight excluding hydrogens is 364 g/mol. The number of benzene rings is 1. The van der Waals surface area contributed by atoms with Crippen LogP contribution in [0.1, 0.15) is 66.4 Å². The Bertz CT molecular complexity index is 758. The second kappa shape index (κ2) is 8.47. The van der Waals surface area contributed by atoms with Gasteiger partial charge in [-0.15, -0.1) is 0 Å². The highest BCUT2D eigenvalue weighted by atomic mass is 16.5. The van der Waals surface area contributed by atoms with E-state index in [2.05, 4.69) is 6.07 Å². The molecule has 0 radical (unpaired) electrons. The number of aryl methyl sites for hydroxylation is 2. The third-order valence-electron chi connectivity index (χ3n) is 7.23. The van der Waals surface area contributed by atoms with Gasteiger partial charge in [-0.1, -0.05) is 17.7 Å². The molecule has 1 aromatic rings. The molecule has 1 unspecified atom stereocenters. The Labute approximate surface area is 174 Å². The van der Waals surface area contributed by atoms with Crippen molar-refractivity contribution in [1.82, 2.24) is 9.80 Å². The number of carbonyl (C=O) groups is 2. The monoisotopic (exact) mass is 398 g/mol. The van der Waals surface area contributed by atoms with Crippen molar-refractivity contribution in [2.24, 2.45) is 5.41 Å². The first-order valence-corrected chi connectivity index (χ1v) is 11.3. The van der Waals surface area contributed by atoms with Crippen molar-refractivity contribution in [2.45, 2.75) is 64.8 Å². The zero-order valence-electron chi connectivity index (χ0n) is 17.9. The molecule has 1 atom stereocenters. The Morgan fingerprint density at radius 1 is 0.966 bits per heavy atom. The van der Waals surface area contributed by atoms with E-state index in [1.165, 1.54) is 6.42 Å². The normalized spacial score (nSPS) is 24.6. The van der Waals surface area contributed by atoms with Crippen LogP contribution in [-0.4, -0.2) is 60.5 Å². The molecule has 0 aliphatic carbocycles. The van der Waals surface area contributed by atoms with Crippen LogP contribution in [0.5, 0.6) is 0 Å². The summed E-state index contributed by atoms with van der Waals surface area (Å²) < 4.78 is 5.65. The predicted molar refractivity (Wildman–Crippen MR) is 113 cm³/mol. The molecule has 2 amide bonds. The number of hydrogen-bond acceptors (Lipinski definition) is 3. The fourth-order valence-electron chi connectivity index (χ4n) is 5.61. The Hall–Kier alpha value is -1.88. The maximum Gasteiger partial charge on any atom is 0.254 e. The molecule has 0 saturated carbocycles. The first-order valence-electron chi connectivity index (χ1n) is 11.3. The van der Waals surface area contributed by atoms with Crippen molar-refractivity contribution in [2.75, 3.05) is 32.8 Å². The second-order valence-electron chi connectivity index (χ2n) is 9.18. The van der Waals surface area contributed by atoms with Crippen LogP contribution in [-0.2, 0) is 9.53 Å². The van der Waals surface area contributed by atoms with Crippen LogP contribution in [0.25, 0.3) is 0 Å². The molecular formula is C24H34N2O3. The second-order valence-corrected chi connectivity index (χ2v) is 9.18. The SMILES string of the molecule is Cc1ccc(C(=O)N2CCCC3(CCOCC3)C2C(=O)N2CCCCC2)c(C)c1. The Kier molecular flexibility index (Phi) is 5.95. The molecule has 0 aromatic heterocycles. The lowest BCUT2D eigenvalue weighted by Crippen LogP contribution is -2.63. The topological polar surface area (TPSA) is 49.9 Å². The summed E-state index contributed by atoms with van der Waals surface area (Å²) in [5, 5.41) is 0. The molecule has 3 aliphatic heterocycles. The standard InChI is InChI=1S/C24H34N2O3/c1-18-7-8-20(19(2)17-18)22(27)26-14-6-9-24(10-15-29-16-11-24)21(26)23(28)25-12-4-3-5-13-25/h7-8,17,21H,3-6,9-16H2,1-2H3. The lowest BCUT2D eigenvalue weighted by Gasteiger charge is -2.52. The average Bonchev–Trinajstić information content (AvgIpc) is 2.74. The van der Waals surface area contributed by atoms with Gasteiger partial charge in [-0.25, -0.2) is 0 Å². The van der Waals surface area contributed by atoms with E-state index in [1.54, 1.807) is 0 Å². The maximum absolute atomic E-state index is 13.8. The van der Waals surface area contributed by atoms with E-state index in [0.717, 1.165) is 68.3 Å². The number of rotatable bonds is 2. The third kappa shape index (κ3) is 3.94. The van der Waals surface area contributed by atoms with E-state index >= 15 is 0 Å². The lowest BCUT2D eigenvalue weighted by atomic mass is 9.67. The van der Waals surface area contributed by atoms with Crippen LogP contribution >= 0.6 is 0 Å². The van der Waals surface area contributed by atoms with Crippen LogP contribution in [0.4, 0.5) is 0 Å². The minimum atomic E-state index is -0.355. The summed E-state index contributed by atoms with van der Waals surface area (Å²) in [6, 6.07) is 5.63. The quantitative estimate of drug-likeness (QED) is 0.763. The molecule has 3 saturated heterocycles. The van der Waals surface area contributed by atoms with Crippen LogP contribution in [0.15, 0.2) is 18.2 Å². The summed E-state index contributed by atoms with van der Waals surface area (Å²) in [7, 11) is 0. The first-order chi connectivity index (χ1) is 14.0. The molecule has 1 aromatic carbocycles. The molecule has 0 N–H and O–H groups in total. The predicted octanol–water partition coefficient (Wildman–Crippen LogP) is 3.72. The van der Waals surface area contributed by atoms with Crippen molar-refractivity contribution in [3.8, 4) is 0 Å². The number of hydrogen-bond donors (Lipinski definition) is 0. The summed E-state index contributed by atoms with van der Waals surface area (Å²) in [4.78, 5) is 31.4. The van der Waals surface area contributed by atoms with E-state index in [9.17, 15) is 9.59 Å². The number of piperidine rings is 2. The lowest BCUT2D eigenvalue weighted by molar-refractivity contribution is -0.149. The van der Waals surface area contributed by atoms with Gasteiger partial charge in [0.2, 0.25) is 5.91 Å². The van der Waals surface area contributed by atoms with Gasteiger partial charge >= 0.3 is 0 Å². The van der Waals surface area contributed by atoms with Gasteiger partial charge in [-0.05, 0) is 70.4 Å². The van der Waals surface area contributed by atoms with E-state index in [0.29, 0.717) is 19.8 Å². The average molecular weight is 399 g/mol. The molecule has 29 heavy (non-hydrogen) atoms. The number of nitrogens with zero attached hydrogens (tertiary/aromatic N) is 2. The summed E-state index contributed by atoms with van der Waals surface area (Å²) in [6.45, 7) is 7.74. The highest BCUT2D eigenvalue weighted by molar-refractivity contribution is 5.99. The van der Waals surface area contributed by atoms with Crippen molar-refractivity contribution >= 4 is 11.8 Å². The Morgan fingerprint density at radius 3 is 2.38 bits per heavy atom. The number of likely N-dealkylation sites (tertiary alicyclic amines) is 2. The highest BCUT2D eigenvalue weighted by Gasteiger charge is 2.51. The van der Waals surface area contributed by atoms with Gasteiger partial charge in [0.15, 0.2) is 0 Å². The van der Waals surface area contributed by atoms with Crippen LogP contribution in [0.2, 0.25) is 0 Å². The molecule has 0 bridgehead atoms. The van der Waals surface area contributed by atoms with Gasteiger partial charge < -0.3 is 14.5 Å². The Balaban J connectivity index is 1.69. The molecule has 158 valence electrons. The molecule has 5 heteroatoms. The number of ether oxygens (including phenoxy) is 1. The van der Waals surface area contributed by atoms with Crippen molar-refractivity contribution in [1.29, 1.82) is 0 Å². The van der Waals surface area contributed by atoms with Crippen LogP contribution < -0.4 is 0 Å². The summed E-state index contributed by atoms with van der Waals surface area (Å²) in [5.41, 5.74) is 2.74. The van der Waals surface area contributed by atoms with E-state index in [1.807, 2.05) is 35.8 Å². The van der Waals surface area contributed by atoms with Crippen molar-refractivity contribution in [3.05, 3.63) is 34.9 Å². The first kappa shape index (κ1) is 20.4. The molecule has 4 rings (SSSR count). The van der Waals surface area contributed by atoms with Crippen LogP contribution in [0, 0.1) is 19.3 Å². The molecule has 3 aliphatic rings. The van der Waals surface area contributed by atoms with Crippen molar-refractivity contribution in [3.63, 3.8) is 0 Å². The molecule has 3 fully saturated rings. The van der Waals surface area contributed by atoms with Gasteiger partial charge in [0, 0.05) is 43.8 Å². The number of amides is 2. The third-order valence-corrected chi connectivity index (χ3v) is 7.23. The van der Waals surface area contributed by atoms with Crippen LogP contribution in [0.3, 0.4) is 0 Å². The van der Waals surface area contributed by atoms with Gasteiger partial charge in [0.1, 0.15) is 6.04 Å². The summed E-state index contributed by atoms with van der Waals surface area (Å²) in [5.74, 6) is 0.188. The molecule has 1 spiro atoms. The zero-order valence-corrected chi connectivity index (χ0v) is 17.9. The van der Waals surface area contributed by atoms with E-state index in [4.69, 9.17) is 4.74 Å². The highest BCUT2D eigenvalue weighted by Crippen LogP contribution is 2.45. The van der Waals surface area contributed by atoms with E-state index in [-0.39, 0.29) is 23.3 Å². The molecule has 5 nitrogen and oxygen atoms in total. The minimum absolute atomic E-state index is 0.0171. The largest absolute Gasteiger partial charge is 0.381 e. The fraction of sp³-hybridized carbons (Fsp3) is 0.667. The smallest absolute Gasteiger partial charge is 0.254 e. The number of carbonyl (C=O) groups excluding carboxylic acids is 2.